The van der Waals surface area contributed by atoms with Crippen molar-refractivity contribution in [2.75, 3.05) is 56.3 Å². The summed E-state index contributed by atoms with van der Waals surface area (Å²) in [6, 6.07) is 9.81. The number of morpholine rings is 1. The van der Waals surface area contributed by atoms with E-state index in [1.165, 1.54) is 0 Å². The highest BCUT2D eigenvalue weighted by molar-refractivity contribution is 6.09. The number of carbonyl (C=O) groups excluding carboxylic acids is 1. The molecule has 8 heteroatoms. The molecule has 1 N–H and O–H groups in total. The second kappa shape index (κ2) is 11.6. The van der Waals surface area contributed by atoms with Crippen LogP contribution in [-0.4, -0.2) is 56.6 Å². The molecule has 2 heterocycles. The van der Waals surface area contributed by atoms with Crippen molar-refractivity contribution < 1.29 is 23.7 Å². The predicted octanol–water partition coefficient (Wildman–Crippen LogP) is 5.25. The Bertz CT molecular complexity index is 1210. The minimum Gasteiger partial charge on any atom is -0.494 e. The van der Waals surface area contributed by atoms with Gasteiger partial charge in [0.05, 0.1) is 44.4 Å². The third kappa shape index (κ3) is 5.09. The molecule has 2 aromatic carbocycles. The summed E-state index contributed by atoms with van der Waals surface area (Å²) >= 11 is 0. The highest BCUT2D eigenvalue weighted by Gasteiger charge is 2.24. The summed E-state index contributed by atoms with van der Waals surface area (Å²) in [6.45, 7) is 15.0. The molecular formula is C28H37N3O5. The number of anilines is 2. The minimum atomic E-state index is -0.189. The average Bonchev–Trinajstić information content (AvgIpc) is 3.17. The van der Waals surface area contributed by atoms with Gasteiger partial charge >= 0.3 is 0 Å². The van der Waals surface area contributed by atoms with E-state index < -0.39 is 0 Å². The molecule has 0 spiro atoms. The highest BCUT2D eigenvalue weighted by Crippen LogP contribution is 2.40. The second-order valence-electron chi connectivity index (χ2n) is 8.57. The number of carbonyl (C=O) groups is 1. The van der Waals surface area contributed by atoms with Crippen molar-refractivity contribution in [3.63, 3.8) is 0 Å². The number of hydrogen-bond donors (Lipinski definition) is 1. The summed E-state index contributed by atoms with van der Waals surface area (Å²) < 4.78 is 25.2. The molecule has 0 unspecified atom stereocenters. The van der Waals surface area contributed by atoms with Crippen molar-refractivity contribution in [1.82, 2.24) is 4.57 Å². The number of nitrogens with zero attached hydrogens (tertiary/aromatic N) is 2. The molecule has 194 valence electrons. The molecule has 1 aliphatic rings. The van der Waals surface area contributed by atoms with Crippen LogP contribution in [0.4, 0.5) is 11.4 Å². The third-order valence-corrected chi connectivity index (χ3v) is 6.39. The van der Waals surface area contributed by atoms with Gasteiger partial charge in [-0.25, -0.2) is 0 Å². The molecule has 3 aromatic rings. The molecule has 1 aromatic heterocycles. The van der Waals surface area contributed by atoms with Crippen molar-refractivity contribution in [1.29, 1.82) is 0 Å². The lowest BCUT2D eigenvalue weighted by atomic mass is 10.1. The van der Waals surface area contributed by atoms with E-state index in [9.17, 15) is 4.79 Å². The maximum Gasteiger partial charge on any atom is 0.272 e. The number of benzene rings is 2. The van der Waals surface area contributed by atoms with Crippen LogP contribution in [0.2, 0.25) is 0 Å². The standard InChI is InChI=1S/C28H37N3O5/c1-6-31-23-11-10-20(34-7-2)16-21(23)19(5)27(31)28(32)29-22-17-26(36-9-4)24(18-25(22)35-8-3)30-12-14-33-15-13-30/h10-11,16-18H,6-9,12-15H2,1-5H3,(H,29,32). The summed E-state index contributed by atoms with van der Waals surface area (Å²) in [5.74, 6) is 1.94. The van der Waals surface area contributed by atoms with Gasteiger partial charge in [-0.1, -0.05) is 0 Å². The number of hydrogen-bond acceptors (Lipinski definition) is 6. The smallest absolute Gasteiger partial charge is 0.272 e. The van der Waals surface area contributed by atoms with Crippen LogP contribution < -0.4 is 24.4 Å². The molecular weight excluding hydrogens is 458 g/mol. The van der Waals surface area contributed by atoms with Gasteiger partial charge in [-0.05, 0) is 58.4 Å². The van der Waals surface area contributed by atoms with Crippen molar-refractivity contribution in [2.45, 2.75) is 41.2 Å². The molecule has 36 heavy (non-hydrogen) atoms. The van der Waals surface area contributed by atoms with Crippen molar-refractivity contribution in [2.24, 2.45) is 0 Å². The van der Waals surface area contributed by atoms with Crippen LogP contribution in [0.5, 0.6) is 17.2 Å². The topological polar surface area (TPSA) is 74.2 Å². The van der Waals surface area contributed by atoms with Gasteiger partial charge in [-0.15, -0.1) is 0 Å². The van der Waals surface area contributed by atoms with Gasteiger partial charge in [0.25, 0.3) is 5.91 Å². The van der Waals surface area contributed by atoms with Crippen LogP contribution in [0.3, 0.4) is 0 Å². The number of fused-ring (bicyclic) bond motifs is 1. The maximum atomic E-state index is 13.7. The molecule has 1 saturated heterocycles. The number of aryl methyl sites for hydroxylation is 2. The first-order valence-electron chi connectivity index (χ1n) is 12.9. The fourth-order valence-electron chi connectivity index (χ4n) is 4.80. The number of nitrogens with one attached hydrogen (secondary N) is 1. The molecule has 8 nitrogen and oxygen atoms in total. The van der Waals surface area contributed by atoms with Gasteiger partial charge in [-0.2, -0.15) is 0 Å². The van der Waals surface area contributed by atoms with Gasteiger partial charge in [0.2, 0.25) is 0 Å². The molecule has 0 atom stereocenters. The normalized spacial score (nSPS) is 13.6. The Hall–Kier alpha value is -3.39. The van der Waals surface area contributed by atoms with E-state index in [-0.39, 0.29) is 5.91 Å². The lowest BCUT2D eigenvalue weighted by Gasteiger charge is -2.31. The lowest BCUT2D eigenvalue weighted by Crippen LogP contribution is -2.36. The SMILES string of the molecule is CCOc1ccc2c(c1)c(C)c(C(=O)Nc1cc(OCC)c(N3CCOCC3)cc1OCC)n2CC. The molecule has 1 aliphatic heterocycles. The van der Waals surface area contributed by atoms with Crippen molar-refractivity contribution >= 4 is 28.2 Å². The van der Waals surface area contributed by atoms with E-state index in [1.54, 1.807) is 0 Å². The molecule has 0 radical (unpaired) electrons. The zero-order valence-electron chi connectivity index (χ0n) is 22.0. The Morgan fingerprint density at radius 2 is 1.64 bits per heavy atom. The highest BCUT2D eigenvalue weighted by atomic mass is 16.5. The van der Waals surface area contributed by atoms with Gasteiger partial charge in [0, 0.05) is 42.7 Å². The quantitative estimate of drug-likeness (QED) is 0.414. The van der Waals surface area contributed by atoms with E-state index in [4.69, 9.17) is 18.9 Å². The summed E-state index contributed by atoms with van der Waals surface area (Å²) in [5, 5.41) is 4.13. The van der Waals surface area contributed by atoms with Crippen molar-refractivity contribution in [3.8, 4) is 17.2 Å². The van der Waals surface area contributed by atoms with E-state index in [1.807, 2.05) is 69.5 Å². The Morgan fingerprint density at radius 1 is 0.944 bits per heavy atom. The van der Waals surface area contributed by atoms with E-state index >= 15 is 0 Å². The van der Waals surface area contributed by atoms with Crippen LogP contribution in [0.1, 0.15) is 43.7 Å². The monoisotopic (exact) mass is 495 g/mol. The van der Waals surface area contributed by atoms with Crippen LogP contribution in [0, 0.1) is 6.92 Å². The fraction of sp³-hybridized carbons (Fsp3) is 0.464. The van der Waals surface area contributed by atoms with Crippen LogP contribution in [0.25, 0.3) is 10.9 Å². The first kappa shape index (κ1) is 25.7. The third-order valence-electron chi connectivity index (χ3n) is 6.39. The number of rotatable bonds is 10. The van der Waals surface area contributed by atoms with Crippen LogP contribution >= 0.6 is 0 Å². The van der Waals surface area contributed by atoms with Gasteiger partial charge < -0.3 is 33.7 Å². The second-order valence-corrected chi connectivity index (χ2v) is 8.57. The Kier molecular flexibility index (Phi) is 8.25. The molecule has 1 amide bonds. The Morgan fingerprint density at radius 3 is 2.31 bits per heavy atom. The lowest BCUT2D eigenvalue weighted by molar-refractivity contribution is 0.101. The zero-order chi connectivity index (χ0) is 25.7. The largest absolute Gasteiger partial charge is 0.494 e. The first-order valence-corrected chi connectivity index (χ1v) is 12.9. The number of ether oxygens (including phenoxy) is 4. The predicted molar refractivity (Wildman–Crippen MR) is 143 cm³/mol. The van der Waals surface area contributed by atoms with E-state index in [0.717, 1.165) is 41.0 Å². The maximum absolute atomic E-state index is 13.7. The van der Waals surface area contributed by atoms with E-state index in [2.05, 4.69) is 10.2 Å². The molecule has 0 aliphatic carbocycles. The zero-order valence-corrected chi connectivity index (χ0v) is 22.0. The number of amides is 1. The van der Waals surface area contributed by atoms with Gasteiger partial charge in [0.1, 0.15) is 22.9 Å². The van der Waals surface area contributed by atoms with Crippen molar-refractivity contribution in [3.05, 3.63) is 41.6 Å². The Balaban J connectivity index is 1.74. The van der Waals surface area contributed by atoms with Crippen LogP contribution in [0.15, 0.2) is 30.3 Å². The fourth-order valence-corrected chi connectivity index (χ4v) is 4.80. The average molecular weight is 496 g/mol. The summed E-state index contributed by atoms with van der Waals surface area (Å²) in [5.41, 5.74) is 4.08. The van der Waals surface area contributed by atoms with Gasteiger partial charge in [0.15, 0.2) is 0 Å². The van der Waals surface area contributed by atoms with Gasteiger partial charge in [-0.3, -0.25) is 4.79 Å². The summed E-state index contributed by atoms with van der Waals surface area (Å²) in [4.78, 5) is 16.0. The number of aromatic nitrogens is 1. The van der Waals surface area contributed by atoms with Crippen LogP contribution in [-0.2, 0) is 11.3 Å². The Labute approximate surface area is 213 Å². The summed E-state index contributed by atoms with van der Waals surface area (Å²) in [6.07, 6.45) is 0. The van der Waals surface area contributed by atoms with E-state index in [0.29, 0.717) is 62.5 Å². The minimum absolute atomic E-state index is 0.189. The molecule has 0 saturated carbocycles. The first-order chi connectivity index (χ1) is 17.5. The summed E-state index contributed by atoms with van der Waals surface area (Å²) in [7, 11) is 0. The molecule has 1 fully saturated rings. The molecule has 4 rings (SSSR count). The molecule has 0 bridgehead atoms.